The largest absolute Gasteiger partial charge is 0.385 e. The first-order valence-electron chi connectivity index (χ1n) is 8.52. The molecule has 0 amide bonds. The van der Waals surface area contributed by atoms with E-state index in [9.17, 15) is 9.46 Å². The fourth-order valence-electron chi connectivity index (χ4n) is 2.30. The quantitative estimate of drug-likeness (QED) is 0.367. The lowest BCUT2D eigenvalue weighted by molar-refractivity contribution is -0.00976. The molecule has 11 nitrogen and oxygen atoms in total. The number of nitrogen functional groups attached to an aromatic ring is 1. The summed E-state index contributed by atoms with van der Waals surface area (Å²) in [6.45, 7) is 3.46. The Bertz CT molecular complexity index is 757. The first kappa shape index (κ1) is 21.7. The third-order valence-electron chi connectivity index (χ3n) is 3.60. The average molecular weight is 403 g/mol. The lowest BCUT2D eigenvalue weighted by Gasteiger charge is -2.20. The number of imidazole rings is 1. The van der Waals surface area contributed by atoms with Crippen molar-refractivity contribution in [2.24, 2.45) is 0 Å². The lowest BCUT2D eigenvalue weighted by Crippen LogP contribution is -2.26. The molecule has 0 fully saturated rings. The zero-order valence-electron chi connectivity index (χ0n) is 15.5. The summed E-state index contributed by atoms with van der Waals surface area (Å²) in [6, 6.07) is 0. The summed E-state index contributed by atoms with van der Waals surface area (Å²) < 4.78 is 34.7. The number of hydrogen-bond donors (Lipinski definition) is 2. The van der Waals surface area contributed by atoms with Crippen LogP contribution in [0.5, 0.6) is 0 Å². The summed E-state index contributed by atoms with van der Waals surface area (Å²) in [5, 5.41) is 0. The number of anilines is 1. The molecule has 0 radical (unpaired) electrons. The van der Waals surface area contributed by atoms with Crippen molar-refractivity contribution in [1.82, 2.24) is 19.5 Å². The van der Waals surface area contributed by atoms with Crippen LogP contribution in [-0.4, -0.2) is 70.4 Å². The van der Waals surface area contributed by atoms with Crippen molar-refractivity contribution >= 4 is 24.6 Å². The maximum atomic E-state index is 12.1. The second-order valence-electron chi connectivity index (χ2n) is 5.72. The predicted octanol–water partition coefficient (Wildman–Crippen LogP) is 1.03. The highest BCUT2D eigenvalue weighted by Crippen LogP contribution is 2.42. The molecule has 0 aliphatic rings. The van der Waals surface area contributed by atoms with Crippen molar-refractivity contribution in [3.05, 3.63) is 12.7 Å². The van der Waals surface area contributed by atoms with Crippen molar-refractivity contribution in [3.8, 4) is 0 Å². The van der Waals surface area contributed by atoms with Crippen LogP contribution >= 0.6 is 7.60 Å². The van der Waals surface area contributed by atoms with Gasteiger partial charge in [0.05, 0.1) is 32.2 Å². The van der Waals surface area contributed by atoms with Crippen LogP contribution < -0.4 is 5.73 Å². The molecule has 27 heavy (non-hydrogen) atoms. The van der Waals surface area contributed by atoms with Gasteiger partial charge in [-0.3, -0.25) is 4.57 Å². The molecule has 3 N–H and O–H groups in total. The Morgan fingerprint density at radius 1 is 1.33 bits per heavy atom. The van der Waals surface area contributed by atoms with Gasteiger partial charge in [-0.25, -0.2) is 15.0 Å². The second-order valence-corrected chi connectivity index (χ2v) is 7.51. The van der Waals surface area contributed by atoms with E-state index in [0.29, 0.717) is 37.3 Å². The van der Waals surface area contributed by atoms with Crippen LogP contribution in [-0.2, 0) is 29.8 Å². The van der Waals surface area contributed by atoms with Gasteiger partial charge in [0.2, 0.25) is 0 Å². The third kappa shape index (κ3) is 6.80. The van der Waals surface area contributed by atoms with E-state index in [4.69, 9.17) is 24.5 Å². The minimum atomic E-state index is -3.87. The van der Waals surface area contributed by atoms with Gasteiger partial charge in [0, 0.05) is 20.3 Å². The summed E-state index contributed by atoms with van der Waals surface area (Å²) in [5.41, 5.74) is 6.83. The van der Waals surface area contributed by atoms with Crippen LogP contribution in [0, 0.1) is 0 Å². The van der Waals surface area contributed by atoms with Gasteiger partial charge < -0.3 is 33.9 Å². The van der Waals surface area contributed by atoms with Crippen LogP contribution in [0.1, 0.15) is 13.3 Å². The van der Waals surface area contributed by atoms with Crippen molar-refractivity contribution < 1.29 is 28.2 Å². The molecule has 12 heteroatoms. The Morgan fingerprint density at radius 3 is 2.89 bits per heavy atom. The van der Waals surface area contributed by atoms with Gasteiger partial charge in [0.15, 0.2) is 11.5 Å². The van der Waals surface area contributed by atoms with Crippen molar-refractivity contribution in [2.75, 3.05) is 45.6 Å². The lowest BCUT2D eigenvalue weighted by atomic mass is 10.3. The first-order chi connectivity index (χ1) is 13.0. The molecule has 0 aliphatic carbocycles. The number of hydrogen-bond acceptors (Lipinski definition) is 9. The van der Waals surface area contributed by atoms with Crippen LogP contribution in [0.3, 0.4) is 0 Å². The van der Waals surface area contributed by atoms with Crippen LogP contribution in [0.15, 0.2) is 12.7 Å². The molecular formula is C15H26N5O6P. The maximum absolute atomic E-state index is 12.1. The molecule has 0 bridgehead atoms. The van der Waals surface area contributed by atoms with E-state index < -0.39 is 20.0 Å². The van der Waals surface area contributed by atoms with E-state index in [-0.39, 0.29) is 19.0 Å². The highest BCUT2D eigenvalue weighted by atomic mass is 31.2. The summed E-state index contributed by atoms with van der Waals surface area (Å²) >= 11 is 0. The van der Waals surface area contributed by atoms with Crippen molar-refractivity contribution in [2.45, 2.75) is 26.0 Å². The van der Waals surface area contributed by atoms with Crippen molar-refractivity contribution in [1.29, 1.82) is 0 Å². The molecule has 0 spiro atoms. The molecule has 2 aromatic rings. The number of rotatable bonds is 13. The molecule has 2 unspecified atom stereocenters. The zero-order valence-corrected chi connectivity index (χ0v) is 16.4. The Hall–Kier alpha value is -1.62. The fourth-order valence-corrected chi connectivity index (χ4v) is 3.19. The van der Waals surface area contributed by atoms with E-state index in [1.807, 2.05) is 6.92 Å². The minimum Gasteiger partial charge on any atom is -0.385 e. The molecule has 152 valence electrons. The Balaban J connectivity index is 1.98. The number of methoxy groups -OCH3 is 1. The third-order valence-corrected chi connectivity index (χ3v) is 4.66. The monoisotopic (exact) mass is 403 g/mol. The van der Waals surface area contributed by atoms with E-state index >= 15 is 0 Å². The number of fused-ring (bicyclic) bond motifs is 1. The summed E-state index contributed by atoms with van der Waals surface area (Å²) in [5.74, 6) is 0.283. The Labute approximate surface area is 157 Å². The van der Waals surface area contributed by atoms with E-state index in [1.54, 1.807) is 18.0 Å². The SMILES string of the molecule is CCOCC(Cn1cnc2c(N)ncnc21)OCP(=O)(O)OCCCOC. The van der Waals surface area contributed by atoms with Gasteiger partial charge in [-0.2, -0.15) is 0 Å². The number of aromatic nitrogens is 4. The normalized spacial score (nSPS) is 15.1. The minimum absolute atomic E-state index is 0.115. The maximum Gasteiger partial charge on any atom is 0.353 e. The number of nitrogens with zero attached hydrogens (tertiary/aromatic N) is 4. The molecule has 0 aromatic carbocycles. The van der Waals surface area contributed by atoms with Gasteiger partial charge in [-0.1, -0.05) is 0 Å². The molecular weight excluding hydrogens is 377 g/mol. The Morgan fingerprint density at radius 2 is 2.15 bits per heavy atom. The molecule has 0 saturated carbocycles. The fraction of sp³-hybridized carbons (Fsp3) is 0.667. The number of ether oxygens (including phenoxy) is 3. The molecule has 2 rings (SSSR count). The molecule has 2 heterocycles. The molecule has 0 saturated heterocycles. The van der Waals surface area contributed by atoms with Gasteiger partial charge in [-0.05, 0) is 13.3 Å². The van der Waals surface area contributed by atoms with Crippen LogP contribution in [0.4, 0.5) is 5.82 Å². The van der Waals surface area contributed by atoms with Crippen molar-refractivity contribution in [3.63, 3.8) is 0 Å². The predicted molar refractivity (Wildman–Crippen MR) is 98.2 cm³/mol. The number of nitrogens with two attached hydrogens (primary N) is 1. The van der Waals surface area contributed by atoms with E-state index in [0.717, 1.165) is 0 Å². The van der Waals surface area contributed by atoms with E-state index in [1.165, 1.54) is 6.33 Å². The van der Waals surface area contributed by atoms with Crippen LogP contribution in [0.25, 0.3) is 11.2 Å². The van der Waals surface area contributed by atoms with Gasteiger partial charge >= 0.3 is 7.60 Å². The summed E-state index contributed by atoms with van der Waals surface area (Å²) in [4.78, 5) is 22.2. The zero-order chi connectivity index (χ0) is 19.7. The van der Waals surface area contributed by atoms with Gasteiger partial charge in [0.1, 0.15) is 18.2 Å². The smallest absolute Gasteiger partial charge is 0.353 e. The van der Waals surface area contributed by atoms with Gasteiger partial charge in [-0.15, -0.1) is 0 Å². The highest BCUT2D eigenvalue weighted by Gasteiger charge is 2.23. The molecule has 2 atom stereocenters. The molecule has 0 aliphatic heterocycles. The summed E-state index contributed by atoms with van der Waals surface area (Å²) in [6.07, 6.45) is 2.50. The van der Waals surface area contributed by atoms with E-state index in [2.05, 4.69) is 15.0 Å². The summed E-state index contributed by atoms with van der Waals surface area (Å²) in [7, 11) is -2.31. The standard InChI is InChI=1S/C15H26N5O6P/c1-3-24-8-12(25-11-27(21,22)26-6-4-5-23-2)7-20-10-19-13-14(16)17-9-18-15(13)20/h9-10,12H,3-8,11H2,1-2H3,(H,21,22)(H2,16,17,18). The highest BCUT2D eigenvalue weighted by molar-refractivity contribution is 7.52. The Kier molecular flexibility index (Phi) is 8.55. The average Bonchev–Trinajstić information content (AvgIpc) is 3.05. The first-order valence-corrected chi connectivity index (χ1v) is 10.3. The molecule has 2 aromatic heterocycles. The van der Waals surface area contributed by atoms with Crippen LogP contribution in [0.2, 0.25) is 0 Å². The van der Waals surface area contributed by atoms with Gasteiger partial charge in [0.25, 0.3) is 0 Å². The second kappa shape index (κ2) is 10.6. The topological polar surface area (TPSA) is 144 Å².